The minimum atomic E-state index is -3.11. The van der Waals surface area contributed by atoms with Crippen LogP contribution in [0.15, 0.2) is 0 Å². The van der Waals surface area contributed by atoms with Crippen molar-refractivity contribution >= 4 is 15.9 Å². The first-order valence-electron chi connectivity index (χ1n) is 4.82. The summed E-state index contributed by atoms with van der Waals surface area (Å²) in [7, 11) is -1.39. The normalized spacial score (nSPS) is 19.2. The van der Waals surface area contributed by atoms with E-state index in [0.29, 0.717) is 32.7 Å². The second-order valence-corrected chi connectivity index (χ2v) is 5.56. The number of likely N-dealkylation sites (N-methyl/N-ethyl adjacent to an activating group) is 1. The Hall–Kier alpha value is -0.660. The molecular formula is C8H17N3O3S. The van der Waals surface area contributed by atoms with Crippen molar-refractivity contribution < 1.29 is 13.2 Å². The van der Waals surface area contributed by atoms with Crippen LogP contribution in [0.2, 0.25) is 0 Å². The minimum absolute atomic E-state index is 0.0191. The van der Waals surface area contributed by atoms with Crippen LogP contribution in [0.4, 0.5) is 0 Å². The number of hydrogen-bond acceptors (Lipinski definition) is 4. The molecule has 88 valence electrons. The van der Waals surface area contributed by atoms with Crippen LogP contribution in [0, 0.1) is 0 Å². The van der Waals surface area contributed by atoms with E-state index in [-0.39, 0.29) is 5.91 Å². The number of nitrogens with one attached hydrogen (secondary N) is 1. The molecule has 15 heavy (non-hydrogen) atoms. The van der Waals surface area contributed by atoms with Crippen molar-refractivity contribution in [2.24, 2.45) is 0 Å². The average molecular weight is 235 g/mol. The van der Waals surface area contributed by atoms with Crippen LogP contribution in [0.3, 0.4) is 0 Å². The Morgan fingerprint density at radius 3 is 2.20 bits per heavy atom. The molecule has 0 unspecified atom stereocenters. The number of rotatable bonds is 3. The van der Waals surface area contributed by atoms with Crippen LogP contribution < -0.4 is 5.32 Å². The number of carbonyl (C=O) groups excluding carboxylic acids is 1. The smallest absolute Gasteiger partial charge is 0.236 e. The summed E-state index contributed by atoms with van der Waals surface area (Å²) < 4.78 is 23.8. The summed E-state index contributed by atoms with van der Waals surface area (Å²) in [4.78, 5) is 13.1. The summed E-state index contributed by atoms with van der Waals surface area (Å²) in [5.74, 6) is 0.0191. The maximum absolute atomic E-state index is 11.4. The van der Waals surface area contributed by atoms with Crippen LogP contribution in [0.1, 0.15) is 0 Å². The highest BCUT2D eigenvalue weighted by Crippen LogP contribution is 2.05. The van der Waals surface area contributed by atoms with Gasteiger partial charge in [0.15, 0.2) is 0 Å². The number of hydrogen-bond donors (Lipinski definition) is 1. The molecule has 7 heteroatoms. The molecule has 0 aromatic carbocycles. The SMILES string of the molecule is CNCC(=O)N1CCN(S(C)(=O)=O)CC1. The van der Waals surface area contributed by atoms with Crippen molar-refractivity contribution in [2.45, 2.75) is 0 Å². The van der Waals surface area contributed by atoms with Gasteiger partial charge in [-0.05, 0) is 7.05 Å². The van der Waals surface area contributed by atoms with Crippen LogP contribution in [0.25, 0.3) is 0 Å². The van der Waals surface area contributed by atoms with E-state index in [2.05, 4.69) is 5.32 Å². The fourth-order valence-corrected chi connectivity index (χ4v) is 2.36. The molecule has 1 heterocycles. The molecule has 1 N–H and O–H groups in total. The molecule has 1 aliphatic heterocycles. The average Bonchev–Trinajstić information content (AvgIpc) is 2.17. The molecule has 0 aromatic heterocycles. The van der Waals surface area contributed by atoms with Crippen molar-refractivity contribution in [1.82, 2.24) is 14.5 Å². The molecule has 0 atom stereocenters. The van der Waals surface area contributed by atoms with E-state index < -0.39 is 10.0 Å². The predicted octanol–water partition coefficient (Wildman–Crippen LogP) is -1.69. The topological polar surface area (TPSA) is 69.7 Å². The van der Waals surface area contributed by atoms with Gasteiger partial charge in [-0.15, -0.1) is 0 Å². The summed E-state index contributed by atoms with van der Waals surface area (Å²) in [6.07, 6.45) is 1.19. The zero-order valence-electron chi connectivity index (χ0n) is 9.06. The summed E-state index contributed by atoms with van der Waals surface area (Å²) in [6, 6.07) is 0. The van der Waals surface area contributed by atoms with Gasteiger partial charge in [-0.3, -0.25) is 4.79 Å². The van der Waals surface area contributed by atoms with Gasteiger partial charge < -0.3 is 10.2 Å². The van der Waals surface area contributed by atoms with E-state index in [9.17, 15) is 13.2 Å². The lowest BCUT2D eigenvalue weighted by Gasteiger charge is -2.33. The highest BCUT2D eigenvalue weighted by Gasteiger charge is 2.25. The fourth-order valence-electron chi connectivity index (χ4n) is 1.53. The quantitative estimate of drug-likeness (QED) is 0.634. The van der Waals surface area contributed by atoms with Gasteiger partial charge in [0.25, 0.3) is 0 Å². The molecule has 1 rings (SSSR count). The third-order valence-electron chi connectivity index (χ3n) is 2.39. The zero-order chi connectivity index (χ0) is 11.5. The molecule has 1 amide bonds. The first-order valence-corrected chi connectivity index (χ1v) is 6.67. The third-order valence-corrected chi connectivity index (χ3v) is 3.69. The van der Waals surface area contributed by atoms with Crippen molar-refractivity contribution in [2.75, 3.05) is 46.0 Å². The van der Waals surface area contributed by atoms with Crippen LogP contribution in [-0.2, 0) is 14.8 Å². The lowest BCUT2D eigenvalue weighted by molar-refractivity contribution is -0.131. The summed E-state index contributed by atoms with van der Waals surface area (Å²) in [6.45, 7) is 2.06. The molecular weight excluding hydrogens is 218 g/mol. The van der Waals surface area contributed by atoms with E-state index in [0.717, 1.165) is 0 Å². The minimum Gasteiger partial charge on any atom is -0.339 e. The van der Waals surface area contributed by atoms with Gasteiger partial charge in [0, 0.05) is 26.2 Å². The van der Waals surface area contributed by atoms with Crippen molar-refractivity contribution in [1.29, 1.82) is 0 Å². The monoisotopic (exact) mass is 235 g/mol. The molecule has 0 saturated carbocycles. The maximum atomic E-state index is 11.4. The zero-order valence-corrected chi connectivity index (χ0v) is 9.88. The molecule has 6 nitrogen and oxygen atoms in total. The molecule has 0 bridgehead atoms. The first-order chi connectivity index (χ1) is 6.95. The van der Waals surface area contributed by atoms with Crippen LogP contribution in [-0.4, -0.2) is 69.6 Å². The Balaban J connectivity index is 2.46. The summed E-state index contributed by atoms with van der Waals surface area (Å²) >= 11 is 0. The number of piperazine rings is 1. The molecule has 1 aliphatic rings. The number of nitrogens with zero attached hydrogens (tertiary/aromatic N) is 2. The van der Waals surface area contributed by atoms with Crippen LogP contribution in [0.5, 0.6) is 0 Å². The lowest BCUT2D eigenvalue weighted by Crippen LogP contribution is -2.51. The second kappa shape index (κ2) is 4.91. The van der Waals surface area contributed by atoms with E-state index in [1.54, 1.807) is 11.9 Å². The Labute approximate surface area is 90.3 Å². The van der Waals surface area contributed by atoms with E-state index in [1.807, 2.05) is 0 Å². The Morgan fingerprint density at radius 1 is 1.27 bits per heavy atom. The summed E-state index contributed by atoms with van der Waals surface area (Å²) in [5, 5.41) is 2.78. The van der Waals surface area contributed by atoms with E-state index in [1.165, 1.54) is 10.6 Å². The maximum Gasteiger partial charge on any atom is 0.236 e. The molecule has 1 saturated heterocycles. The predicted molar refractivity (Wildman–Crippen MR) is 56.9 cm³/mol. The standard InChI is InChI=1S/C8H17N3O3S/c1-9-7-8(12)10-3-5-11(6-4-10)15(2,13)14/h9H,3-7H2,1-2H3. The van der Waals surface area contributed by atoms with Gasteiger partial charge in [0.05, 0.1) is 12.8 Å². The lowest BCUT2D eigenvalue weighted by atomic mass is 10.3. The number of carbonyl (C=O) groups is 1. The Kier molecular flexibility index (Phi) is 4.06. The van der Waals surface area contributed by atoms with Crippen LogP contribution >= 0.6 is 0 Å². The van der Waals surface area contributed by atoms with E-state index in [4.69, 9.17) is 0 Å². The molecule has 0 spiro atoms. The fraction of sp³-hybridized carbons (Fsp3) is 0.875. The first kappa shape index (κ1) is 12.4. The van der Waals surface area contributed by atoms with E-state index >= 15 is 0 Å². The largest absolute Gasteiger partial charge is 0.339 e. The third kappa shape index (κ3) is 3.44. The van der Waals surface area contributed by atoms with Gasteiger partial charge in [-0.1, -0.05) is 0 Å². The summed E-state index contributed by atoms with van der Waals surface area (Å²) in [5.41, 5.74) is 0. The molecule has 0 aliphatic carbocycles. The van der Waals surface area contributed by atoms with Gasteiger partial charge >= 0.3 is 0 Å². The van der Waals surface area contributed by atoms with Gasteiger partial charge in [0.2, 0.25) is 15.9 Å². The van der Waals surface area contributed by atoms with Crippen molar-refractivity contribution in [3.8, 4) is 0 Å². The Bertz CT molecular complexity index is 320. The van der Waals surface area contributed by atoms with Gasteiger partial charge in [-0.2, -0.15) is 4.31 Å². The number of sulfonamides is 1. The number of amides is 1. The molecule has 1 fully saturated rings. The van der Waals surface area contributed by atoms with Gasteiger partial charge in [0.1, 0.15) is 0 Å². The molecule has 0 radical (unpaired) electrons. The van der Waals surface area contributed by atoms with Crippen molar-refractivity contribution in [3.63, 3.8) is 0 Å². The van der Waals surface area contributed by atoms with Crippen molar-refractivity contribution in [3.05, 3.63) is 0 Å². The second-order valence-electron chi connectivity index (χ2n) is 3.57. The van der Waals surface area contributed by atoms with Gasteiger partial charge in [-0.25, -0.2) is 8.42 Å². The Morgan fingerprint density at radius 2 is 1.80 bits per heavy atom. The molecule has 0 aromatic rings. The highest BCUT2D eigenvalue weighted by atomic mass is 32.2. The highest BCUT2D eigenvalue weighted by molar-refractivity contribution is 7.88.